The number of nitrogens with zero attached hydrogens (tertiary/aromatic N) is 3. The molecule has 0 fully saturated rings. The lowest BCUT2D eigenvalue weighted by Gasteiger charge is -2.06. The standard InChI is InChI=1S/C13H13N3O3/c1-3-19-13(18)9-7-15-12(16-8(9)2)11-10(17)5-4-6-14-11/h4-7,17H,3H2,1-2H3. The minimum Gasteiger partial charge on any atom is -0.506 e. The number of carbonyl (C=O) groups excluding carboxylic acids is 1. The number of carbonyl (C=O) groups is 1. The summed E-state index contributed by atoms with van der Waals surface area (Å²) in [4.78, 5) is 23.8. The highest BCUT2D eigenvalue weighted by Crippen LogP contribution is 2.23. The van der Waals surface area contributed by atoms with E-state index in [1.165, 1.54) is 18.5 Å². The molecule has 6 heteroatoms. The Labute approximate surface area is 110 Å². The Hall–Kier alpha value is -2.50. The molecule has 2 heterocycles. The van der Waals surface area contributed by atoms with Gasteiger partial charge in [-0.2, -0.15) is 0 Å². The van der Waals surface area contributed by atoms with Gasteiger partial charge >= 0.3 is 5.97 Å². The van der Waals surface area contributed by atoms with Crippen LogP contribution in [0.15, 0.2) is 24.5 Å². The summed E-state index contributed by atoms with van der Waals surface area (Å²) >= 11 is 0. The van der Waals surface area contributed by atoms with E-state index in [1.54, 1.807) is 19.9 Å². The van der Waals surface area contributed by atoms with E-state index >= 15 is 0 Å². The average molecular weight is 259 g/mol. The first-order valence-corrected chi connectivity index (χ1v) is 5.78. The second-order valence-electron chi connectivity index (χ2n) is 3.78. The topological polar surface area (TPSA) is 85.2 Å². The maximum atomic E-state index is 11.6. The monoisotopic (exact) mass is 259 g/mol. The number of esters is 1. The molecule has 2 aromatic heterocycles. The Morgan fingerprint density at radius 2 is 2.21 bits per heavy atom. The first kappa shape index (κ1) is 12.9. The normalized spacial score (nSPS) is 10.2. The molecule has 2 aromatic rings. The highest BCUT2D eigenvalue weighted by Gasteiger charge is 2.15. The Morgan fingerprint density at radius 3 is 2.84 bits per heavy atom. The van der Waals surface area contributed by atoms with E-state index in [1.807, 2.05) is 0 Å². The maximum absolute atomic E-state index is 11.6. The van der Waals surface area contributed by atoms with Gasteiger partial charge < -0.3 is 9.84 Å². The van der Waals surface area contributed by atoms with Gasteiger partial charge in [0.05, 0.1) is 17.9 Å². The molecule has 98 valence electrons. The van der Waals surface area contributed by atoms with Crippen LogP contribution < -0.4 is 0 Å². The van der Waals surface area contributed by atoms with E-state index < -0.39 is 5.97 Å². The van der Waals surface area contributed by atoms with Crippen molar-refractivity contribution in [3.63, 3.8) is 0 Å². The fraction of sp³-hybridized carbons (Fsp3) is 0.231. The van der Waals surface area contributed by atoms with Crippen molar-refractivity contribution in [2.45, 2.75) is 13.8 Å². The van der Waals surface area contributed by atoms with Crippen molar-refractivity contribution in [3.05, 3.63) is 35.8 Å². The van der Waals surface area contributed by atoms with E-state index in [4.69, 9.17) is 4.74 Å². The molecule has 0 spiro atoms. The summed E-state index contributed by atoms with van der Waals surface area (Å²) in [5.41, 5.74) is 1.07. The number of hydrogen-bond acceptors (Lipinski definition) is 6. The van der Waals surface area contributed by atoms with Gasteiger partial charge in [-0.25, -0.2) is 19.7 Å². The van der Waals surface area contributed by atoms with E-state index in [0.29, 0.717) is 17.9 Å². The van der Waals surface area contributed by atoms with Crippen LogP contribution in [0.3, 0.4) is 0 Å². The van der Waals surface area contributed by atoms with Crippen LogP contribution >= 0.6 is 0 Å². The summed E-state index contributed by atoms with van der Waals surface area (Å²) in [6, 6.07) is 3.11. The number of ether oxygens (including phenoxy) is 1. The molecular formula is C13H13N3O3. The van der Waals surface area contributed by atoms with Crippen LogP contribution in [0.2, 0.25) is 0 Å². The lowest BCUT2D eigenvalue weighted by atomic mass is 10.2. The summed E-state index contributed by atoms with van der Waals surface area (Å²) < 4.78 is 4.89. The highest BCUT2D eigenvalue weighted by atomic mass is 16.5. The smallest absolute Gasteiger partial charge is 0.341 e. The first-order valence-electron chi connectivity index (χ1n) is 5.78. The van der Waals surface area contributed by atoms with Gasteiger partial charge in [-0.15, -0.1) is 0 Å². The highest BCUT2D eigenvalue weighted by molar-refractivity contribution is 5.90. The fourth-order valence-corrected chi connectivity index (χ4v) is 1.56. The minimum atomic E-state index is -0.461. The minimum absolute atomic E-state index is 0.00853. The molecule has 0 unspecified atom stereocenters. The molecule has 2 rings (SSSR count). The molecule has 0 atom stereocenters. The Morgan fingerprint density at radius 1 is 1.42 bits per heavy atom. The third-order valence-corrected chi connectivity index (χ3v) is 2.47. The van der Waals surface area contributed by atoms with Crippen LogP contribution in [0.25, 0.3) is 11.5 Å². The lowest BCUT2D eigenvalue weighted by Crippen LogP contribution is -2.09. The number of aryl methyl sites for hydroxylation is 1. The van der Waals surface area contributed by atoms with E-state index in [-0.39, 0.29) is 17.3 Å². The molecule has 0 radical (unpaired) electrons. The van der Waals surface area contributed by atoms with Gasteiger partial charge in [-0.05, 0) is 26.0 Å². The number of pyridine rings is 1. The number of rotatable bonds is 3. The zero-order valence-electron chi connectivity index (χ0n) is 10.6. The second-order valence-corrected chi connectivity index (χ2v) is 3.78. The van der Waals surface area contributed by atoms with Crippen molar-refractivity contribution in [2.75, 3.05) is 6.61 Å². The predicted octanol–water partition coefficient (Wildman–Crippen LogP) is 1.73. The molecule has 0 aliphatic heterocycles. The van der Waals surface area contributed by atoms with Gasteiger partial charge in [-0.3, -0.25) is 0 Å². The first-order chi connectivity index (χ1) is 9.13. The van der Waals surface area contributed by atoms with Crippen molar-refractivity contribution >= 4 is 5.97 Å². The molecule has 0 saturated heterocycles. The molecule has 1 N–H and O–H groups in total. The van der Waals surface area contributed by atoms with Gasteiger partial charge in [0.25, 0.3) is 0 Å². The summed E-state index contributed by atoms with van der Waals surface area (Å²) in [5, 5.41) is 9.68. The van der Waals surface area contributed by atoms with Crippen molar-refractivity contribution in [2.24, 2.45) is 0 Å². The molecule has 19 heavy (non-hydrogen) atoms. The second kappa shape index (κ2) is 5.43. The largest absolute Gasteiger partial charge is 0.506 e. The summed E-state index contributed by atoms with van der Waals surface area (Å²) in [6.07, 6.45) is 2.91. The van der Waals surface area contributed by atoms with Gasteiger partial charge in [0.1, 0.15) is 11.4 Å². The molecule has 0 amide bonds. The quantitative estimate of drug-likeness (QED) is 0.845. The Balaban J connectivity index is 2.39. The van der Waals surface area contributed by atoms with Gasteiger partial charge in [0, 0.05) is 12.4 Å². The van der Waals surface area contributed by atoms with Crippen molar-refractivity contribution in [1.82, 2.24) is 15.0 Å². The molecule has 0 saturated carbocycles. The molecule has 0 aliphatic rings. The van der Waals surface area contributed by atoms with Crippen LogP contribution in [0, 0.1) is 6.92 Å². The lowest BCUT2D eigenvalue weighted by molar-refractivity contribution is 0.0524. The summed E-state index contributed by atoms with van der Waals surface area (Å²) in [7, 11) is 0. The zero-order valence-corrected chi connectivity index (χ0v) is 10.6. The Kier molecular flexibility index (Phi) is 3.70. The number of aromatic hydroxyl groups is 1. The van der Waals surface area contributed by atoms with Crippen LogP contribution in [0.1, 0.15) is 23.0 Å². The van der Waals surface area contributed by atoms with E-state index in [2.05, 4.69) is 15.0 Å². The average Bonchev–Trinajstić information content (AvgIpc) is 2.39. The van der Waals surface area contributed by atoms with Crippen molar-refractivity contribution in [3.8, 4) is 17.3 Å². The molecule has 6 nitrogen and oxygen atoms in total. The number of aromatic nitrogens is 3. The third-order valence-electron chi connectivity index (χ3n) is 2.47. The van der Waals surface area contributed by atoms with Gasteiger partial charge in [-0.1, -0.05) is 0 Å². The van der Waals surface area contributed by atoms with Crippen LogP contribution in [-0.4, -0.2) is 32.6 Å². The van der Waals surface area contributed by atoms with E-state index in [0.717, 1.165) is 0 Å². The number of hydrogen-bond donors (Lipinski definition) is 1. The van der Waals surface area contributed by atoms with Crippen molar-refractivity contribution in [1.29, 1.82) is 0 Å². The molecular weight excluding hydrogens is 246 g/mol. The molecule has 0 aromatic carbocycles. The molecule has 0 bridgehead atoms. The van der Waals surface area contributed by atoms with Crippen LogP contribution in [-0.2, 0) is 4.74 Å². The van der Waals surface area contributed by atoms with Crippen molar-refractivity contribution < 1.29 is 14.6 Å². The Bertz CT molecular complexity index is 614. The maximum Gasteiger partial charge on any atom is 0.341 e. The van der Waals surface area contributed by atoms with Crippen LogP contribution in [0.4, 0.5) is 0 Å². The van der Waals surface area contributed by atoms with Gasteiger partial charge in [0.2, 0.25) is 0 Å². The predicted molar refractivity (Wildman–Crippen MR) is 67.6 cm³/mol. The summed E-state index contributed by atoms with van der Waals surface area (Å²) in [5.74, 6) is -0.203. The third kappa shape index (κ3) is 2.67. The fourth-order valence-electron chi connectivity index (χ4n) is 1.56. The molecule has 0 aliphatic carbocycles. The van der Waals surface area contributed by atoms with E-state index in [9.17, 15) is 9.90 Å². The zero-order chi connectivity index (χ0) is 13.8. The van der Waals surface area contributed by atoms with Crippen LogP contribution in [0.5, 0.6) is 5.75 Å². The van der Waals surface area contributed by atoms with Gasteiger partial charge in [0.15, 0.2) is 5.82 Å². The summed E-state index contributed by atoms with van der Waals surface area (Å²) in [6.45, 7) is 3.70. The SMILES string of the molecule is CCOC(=O)c1cnc(-c2ncccc2O)nc1C.